The Morgan fingerprint density at radius 3 is 2.97 bits per heavy atom. The number of carbonyl (C=O) groups is 1. The first-order chi connectivity index (χ1) is 16.0. The molecule has 0 bridgehead atoms. The van der Waals surface area contributed by atoms with Crippen LogP contribution < -0.4 is 4.74 Å². The number of hydrogen-bond donors (Lipinski definition) is 0. The number of esters is 1. The summed E-state index contributed by atoms with van der Waals surface area (Å²) in [4.78, 5) is 16.1. The van der Waals surface area contributed by atoms with E-state index < -0.39 is 10.8 Å². The normalized spacial score (nSPS) is 31.0. The molecule has 0 aromatic heterocycles. The van der Waals surface area contributed by atoms with Gasteiger partial charge in [-0.3, -0.25) is 4.90 Å². The van der Waals surface area contributed by atoms with Gasteiger partial charge in [-0.05, 0) is 31.1 Å². The largest absolute Gasteiger partial charge is 0.493 e. The van der Waals surface area contributed by atoms with Crippen molar-refractivity contribution in [1.29, 1.82) is 0 Å². The molecule has 5 rings (SSSR count). The van der Waals surface area contributed by atoms with Gasteiger partial charge in [0.05, 0.1) is 31.4 Å². The van der Waals surface area contributed by atoms with Gasteiger partial charge in [-0.1, -0.05) is 24.3 Å². The van der Waals surface area contributed by atoms with Gasteiger partial charge < -0.3 is 19.1 Å². The number of fused-ring (bicyclic) bond motifs is 2. The second-order valence-corrected chi connectivity index (χ2v) is 10.1. The van der Waals surface area contributed by atoms with Gasteiger partial charge in [-0.25, -0.2) is 4.79 Å². The highest BCUT2D eigenvalue weighted by Crippen LogP contribution is 2.45. The average Bonchev–Trinajstić information content (AvgIpc) is 2.97. The third-order valence-electron chi connectivity index (χ3n) is 7.47. The number of allylic oxidation sites excluding steroid dienone is 2. The highest BCUT2D eigenvalue weighted by atomic mass is 35.5. The van der Waals surface area contributed by atoms with Crippen molar-refractivity contribution in [2.45, 2.75) is 35.6 Å². The van der Waals surface area contributed by atoms with E-state index in [0.29, 0.717) is 25.7 Å². The Balaban J connectivity index is 1.51. The zero-order valence-corrected chi connectivity index (χ0v) is 19.9. The number of rotatable bonds is 5. The van der Waals surface area contributed by atoms with Gasteiger partial charge in [-0.2, -0.15) is 0 Å². The first-order valence-electron chi connectivity index (χ1n) is 11.6. The van der Waals surface area contributed by atoms with Crippen LogP contribution in [0.5, 0.6) is 5.75 Å². The fourth-order valence-electron chi connectivity index (χ4n) is 5.50. The van der Waals surface area contributed by atoms with Crippen LogP contribution in [0.3, 0.4) is 0 Å². The van der Waals surface area contributed by atoms with Crippen molar-refractivity contribution in [2.24, 2.45) is 0 Å². The highest BCUT2D eigenvalue weighted by Gasteiger charge is 2.47. The van der Waals surface area contributed by atoms with E-state index >= 15 is 0 Å². The van der Waals surface area contributed by atoms with E-state index in [9.17, 15) is 4.79 Å². The van der Waals surface area contributed by atoms with Crippen molar-refractivity contribution < 1.29 is 19.0 Å². The Morgan fingerprint density at radius 2 is 2.21 bits per heavy atom. The zero-order valence-electron chi connectivity index (χ0n) is 19.1. The van der Waals surface area contributed by atoms with E-state index in [1.165, 1.54) is 12.7 Å². The maximum atomic E-state index is 12.5. The summed E-state index contributed by atoms with van der Waals surface area (Å²) < 4.78 is 17.5. The predicted octanol–water partition coefficient (Wildman–Crippen LogP) is 3.62. The van der Waals surface area contributed by atoms with Crippen LogP contribution >= 0.6 is 11.6 Å². The van der Waals surface area contributed by atoms with Gasteiger partial charge in [0, 0.05) is 44.2 Å². The Kier molecular flexibility index (Phi) is 5.91. The molecule has 7 heteroatoms. The minimum absolute atomic E-state index is 0.201. The molecule has 176 valence electrons. The standard InChI is InChI=1S/C26H31ClN2O4/c1-3-12-28-13-9-19(28)16-29-17-25(11-14-32-22-7-5-4-6-20(22)25)18-33-23-8-10-26(27,15-21(23)29)24(30)31-2/h3-8,10,19H,1,9,11-18H2,2H3/t19-,25?,26?/m0/s1. The van der Waals surface area contributed by atoms with Crippen LogP contribution in [0.2, 0.25) is 0 Å². The van der Waals surface area contributed by atoms with Crippen LogP contribution in [0.15, 0.2) is 60.5 Å². The third kappa shape index (κ3) is 3.93. The summed E-state index contributed by atoms with van der Waals surface area (Å²) in [6.45, 7) is 8.71. The summed E-state index contributed by atoms with van der Waals surface area (Å²) in [5.74, 6) is 1.28. The van der Waals surface area contributed by atoms with Crippen LogP contribution in [0, 0.1) is 0 Å². The molecule has 3 heterocycles. The van der Waals surface area contributed by atoms with Gasteiger partial charge in [0.1, 0.15) is 11.5 Å². The van der Waals surface area contributed by atoms with Crippen LogP contribution in [0.4, 0.5) is 0 Å². The maximum Gasteiger partial charge on any atom is 0.331 e. The molecule has 33 heavy (non-hydrogen) atoms. The van der Waals surface area contributed by atoms with Crippen molar-refractivity contribution in [1.82, 2.24) is 9.80 Å². The summed E-state index contributed by atoms with van der Waals surface area (Å²) in [5.41, 5.74) is 1.96. The van der Waals surface area contributed by atoms with Crippen molar-refractivity contribution in [3.8, 4) is 5.75 Å². The van der Waals surface area contributed by atoms with E-state index in [4.69, 9.17) is 25.8 Å². The first-order valence-corrected chi connectivity index (χ1v) is 12.0. The molecule has 0 amide bonds. The number of halogens is 1. The smallest absolute Gasteiger partial charge is 0.331 e. The van der Waals surface area contributed by atoms with E-state index in [2.05, 4.69) is 28.5 Å². The van der Waals surface area contributed by atoms with Crippen LogP contribution in [0.1, 0.15) is 24.8 Å². The Labute approximate surface area is 200 Å². The fourth-order valence-corrected chi connectivity index (χ4v) is 5.76. The van der Waals surface area contributed by atoms with E-state index in [-0.39, 0.29) is 5.41 Å². The zero-order chi connectivity index (χ0) is 23.1. The minimum Gasteiger partial charge on any atom is -0.493 e. The number of hydrogen-bond acceptors (Lipinski definition) is 6. The number of para-hydroxylation sites is 1. The summed E-state index contributed by atoms with van der Waals surface area (Å²) in [6.07, 6.45) is 7.87. The van der Waals surface area contributed by atoms with Gasteiger partial charge in [0.15, 0.2) is 4.87 Å². The molecule has 0 radical (unpaired) electrons. The molecule has 1 spiro atoms. The number of alkyl halides is 1. The summed E-state index contributed by atoms with van der Waals surface area (Å²) >= 11 is 6.76. The molecule has 1 aromatic rings. The van der Waals surface area contributed by atoms with Crippen LogP contribution in [-0.4, -0.2) is 73.2 Å². The summed E-state index contributed by atoms with van der Waals surface area (Å²) in [7, 11) is 1.38. The lowest BCUT2D eigenvalue weighted by Crippen LogP contribution is -2.55. The lowest BCUT2D eigenvalue weighted by molar-refractivity contribution is -0.142. The molecule has 3 aliphatic heterocycles. The highest BCUT2D eigenvalue weighted by molar-refractivity contribution is 6.35. The number of benzene rings is 1. The van der Waals surface area contributed by atoms with Crippen LogP contribution in [-0.2, 0) is 19.7 Å². The van der Waals surface area contributed by atoms with Crippen molar-refractivity contribution in [3.05, 3.63) is 66.1 Å². The number of ether oxygens (including phenoxy) is 3. The third-order valence-corrected chi connectivity index (χ3v) is 7.88. The molecule has 2 unspecified atom stereocenters. The molecular weight excluding hydrogens is 440 g/mol. The Morgan fingerprint density at radius 1 is 1.36 bits per heavy atom. The molecule has 1 fully saturated rings. The molecule has 1 aromatic carbocycles. The summed E-state index contributed by atoms with van der Waals surface area (Å²) in [5, 5.41) is 0. The van der Waals surface area contributed by atoms with Gasteiger partial charge in [-0.15, -0.1) is 18.2 Å². The van der Waals surface area contributed by atoms with Gasteiger partial charge >= 0.3 is 5.97 Å². The molecule has 1 saturated heterocycles. The van der Waals surface area contributed by atoms with Gasteiger partial charge in [0.25, 0.3) is 0 Å². The maximum absolute atomic E-state index is 12.5. The SMILES string of the molecule is C=CCN1CC[C@H]1CN1CC2(CCOc3ccccc32)COC2=C1CC(Cl)(C(=O)OC)C=C2. The quantitative estimate of drug-likeness (QED) is 0.372. The summed E-state index contributed by atoms with van der Waals surface area (Å²) in [6, 6.07) is 8.70. The van der Waals surface area contributed by atoms with E-state index in [1.807, 2.05) is 24.3 Å². The molecule has 1 aliphatic carbocycles. The molecular formula is C26H31ClN2O4. The number of carbonyl (C=O) groups excluding carboxylic acids is 1. The Bertz CT molecular complexity index is 1010. The molecule has 0 saturated carbocycles. The monoisotopic (exact) mass is 470 g/mol. The number of nitrogens with zero attached hydrogens (tertiary/aromatic N) is 2. The topological polar surface area (TPSA) is 51.2 Å². The number of methoxy groups -OCH3 is 1. The average molecular weight is 471 g/mol. The van der Waals surface area contributed by atoms with Crippen molar-refractivity contribution in [2.75, 3.05) is 46.5 Å². The fraction of sp³-hybridized carbons (Fsp3) is 0.500. The Hall–Kier alpha value is -2.44. The second kappa shape index (κ2) is 8.73. The molecule has 6 nitrogen and oxygen atoms in total. The van der Waals surface area contributed by atoms with Gasteiger partial charge in [0.2, 0.25) is 0 Å². The lowest BCUT2D eigenvalue weighted by Gasteiger charge is -2.47. The lowest BCUT2D eigenvalue weighted by atomic mass is 9.76. The molecule has 3 atom stereocenters. The molecule has 0 N–H and O–H groups in total. The second-order valence-electron chi connectivity index (χ2n) is 9.45. The molecule has 4 aliphatic rings. The minimum atomic E-state index is -1.22. The van der Waals surface area contributed by atoms with Crippen molar-refractivity contribution in [3.63, 3.8) is 0 Å². The first kappa shape index (κ1) is 22.4. The predicted molar refractivity (Wildman–Crippen MR) is 127 cm³/mol. The van der Waals surface area contributed by atoms with E-state index in [1.54, 1.807) is 6.08 Å². The van der Waals surface area contributed by atoms with Crippen molar-refractivity contribution >= 4 is 17.6 Å². The van der Waals surface area contributed by atoms with E-state index in [0.717, 1.165) is 56.2 Å². The number of likely N-dealkylation sites (tertiary alicyclic amines) is 1. The van der Waals surface area contributed by atoms with Crippen LogP contribution in [0.25, 0.3) is 0 Å².